The van der Waals surface area contributed by atoms with Crippen LogP contribution in [0.3, 0.4) is 0 Å². The van der Waals surface area contributed by atoms with Crippen molar-refractivity contribution in [1.82, 2.24) is 4.90 Å². The first-order chi connectivity index (χ1) is 7.58. The second-order valence-corrected chi connectivity index (χ2v) is 3.96. The summed E-state index contributed by atoms with van der Waals surface area (Å²) in [5.74, 6) is -1.26. The van der Waals surface area contributed by atoms with Gasteiger partial charge in [-0.1, -0.05) is 0 Å². The molecule has 1 aromatic rings. The Kier molecular flexibility index (Phi) is 2.78. The topological polar surface area (TPSA) is 66.6 Å². The molecule has 1 aromatic carbocycles. The van der Waals surface area contributed by atoms with Gasteiger partial charge in [-0.3, -0.25) is 4.79 Å². The van der Waals surface area contributed by atoms with Crippen molar-refractivity contribution in [3.8, 4) is 5.75 Å². The van der Waals surface area contributed by atoms with E-state index in [-0.39, 0.29) is 23.3 Å². The highest BCUT2D eigenvalue weighted by atomic mass is 19.1. The number of carbonyl (C=O) groups is 1. The summed E-state index contributed by atoms with van der Waals surface area (Å²) in [6.45, 7) is 1.01. The minimum Gasteiger partial charge on any atom is -0.508 e. The van der Waals surface area contributed by atoms with E-state index in [9.17, 15) is 9.18 Å². The largest absolute Gasteiger partial charge is 0.508 e. The molecule has 5 heteroatoms. The van der Waals surface area contributed by atoms with Crippen LogP contribution in [0, 0.1) is 5.82 Å². The molecule has 2 rings (SSSR count). The molecular weight excluding hydrogens is 211 g/mol. The predicted octanol–water partition coefficient (Wildman–Crippen LogP) is 0.704. The Morgan fingerprint density at radius 1 is 1.56 bits per heavy atom. The van der Waals surface area contributed by atoms with E-state index in [0.717, 1.165) is 12.5 Å². The van der Waals surface area contributed by atoms with Gasteiger partial charge in [0.1, 0.15) is 11.6 Å². The smallest absolute Gasteiger partial charge is 0.256 e. The highest BCUT2D eigenvalue weighted by Crippen LogP contribution is 2.18. The molecule has 1 aliphatic rings. The number of phenols is 1. The zero-order valence-corrected chi connectivity index (χ0v) is 8.69. The lowest BCUT2D eigenvalue weighted by Gasteiger charge is -2.16. The van der Waals surface area contributed by atoms with Crippen molar-refractivity contribution in [1.29, 1.82) is 0 Å². The molecule has 0 saturated carbocycles. The molecule has 3 N–H and O–H groups in total. The van der Waals surface area contributed by atoms with Crippen molar-refractivity contribution in [2.45, 2.75) is 12.5 Å². The molecule has 0 aliphatic carbocycles. The average molecular weight is 224 g/mol. The number of hydrogen-bond acceptors (Lipinski definition) is 3. The molecule has 86 valence electrons. The molecule has 1 atom stereocenters. The van der Waals surface area contributed by atoms with Crippen LogP contribution >= 0.6 is 0 Å². The van der Waals surface area contributed by atoms with E-state index in [2.05, 4.69) is 0 Å². The van der Waals surface area contributed by atoms with E-state index < -0.39 is 5.82 Å². The Morgan fingerprint density at radius 2 is 2.31 bits per heavy atom. The minimum absolute atomic E-state index is 0.0214. The fraction of sp³-hybridized carbons (Fsp3) is 0.364. The molecule has 1 saturated heterocycles. The van der Waals surface area contributed by atoms with E-state index in [0.29, 0.717) is 13.1 Å². The zero-order valence-electron chi connectivity index (χ0n) is 8.69. The molecule has 1 amide bonds. The van der Waals surface area contributed by atoms with Gasteiger partial charge in [-0.15, -0.1) is 0 Å². The molecule has 0 radical (unpaired) electrons. The van der Waals surface area contributed by atoms with Gasteiger partial charge in [-0.2, -0.15) is 0 Å². The second-order valence-electron chi connectivity index (χ2n) is 3.96. The van der Waals surface area contributed by atoms with Gasteiger partial charge in [-0.25, -0.2) is 4.39 Å². The monoisotopic (exact) mass is 224 g/mol. The number of halogens is 1. The number of nitrogens with zero attached hydrogens (tertiary/aromatic N) is 1. The first-order valence-corrected chi connectivity index (χ1v) is 5.11. The summed E-state index contributed by atoms with van der Waals surface area (Å²) in [4.78, 5) is 13.4. The Hall–Kier alpha value is -1.62. The number of carbonyl (C=O) groups excluding carboxylic acids is 1. The van der Waals surface area contributed by atoms with Crippen LogP contribution in [0.15, 0.2) is 18.2 Å². The summed E-state index contributed by atoms with van der Waals surface area (Å²) in [6, 6.07) is 3.50. The van der Waals surface area contributed by atoms with Crippen LogP contribution < -0.4 is 5.73 Å². The average Bonchev–Trinajstić information content (AvgIpc) is 2.64. The SMILES string of the molecule is N[C@@H]1CCN(C(=O)c2ccc(O)cc2F)C1. The van der Waals surface area contributed by atoms with Crippen LogP contribution in [0.25, 0.3) is 0 Å². The van der Waals surface area contributed by atoms with Crippen LogP contribution in [0.1, 0.15) is 16.8 Å². The molecule has 1 heterocycles. The number of benzene rings is 1. The van der Waals surface area contributed by atoms with Gasteiger partial charge < -0.3 is 15.7 Å². The summed E-state index contributed by atoms with van der Waals surface area (Å²) >= 11 is 0. The first kappa shape index (κ1) is 10.9. The van der Waals surface area contributed by atoms with Gasteiger partial charge >= 0.3 is 0 Å². The molecule has 4 nitrogen and oxygen atoms in total. The van der Waals surface area contributed by atoms with E-state index in [4.69, 9.17) is 10.8 Å². The predicted molar refractivity (Wildman–Crippen MR) is 56.6 cm³/mol. The number of amides is 1. The second kappa shape index (κ2) is 4.09. The van der Waals surface area contributed by atoms with Crippen LogP contribution in [-0.2, 0) is 0 Å². The van der Waals surface area contributed by atoms with E-state index in [1.54, 1.807) is 0 Å². The first-order valence-electron chi connectivity index (χ1n) is 5.11. The molecular formula is C11H13FN2O2. The normalized spacial score (nSPS) is 20.1. The van der Waals surface area contributed by atoms with Crippen molar-refractivity contribution < 1.29 is 14.3 Å². The van der Waals surface area contributed by atoms with E-state index in [1.807, 2.05) is 0 Å². The highest BCUT2D eigenvalue weighted by Gasteiger charge is 2.26. The van der Waals surface area contributed by atoms with Gasteiger partial charge in [0.2, 0.25) is 0 Å². The Labute approximate surface area is 92.5 Å². The third kappa shape index (κ3) is 1.99. The molecule has 0 spiro atoms. The van der Waals surface area contributed by atoms with Gasteiger partial charge in [0.05, 0.1) is 5.56 Å². The van der Waals surface area contributed by atoms with Gasteiger partial charge in [-0.05, 0) is 18.6 Å². The molecule has 1 aliphatic heterocycles. The zero-order chi connectivity index (χ0) is 11.7. The van der Waals surface area contributed by atoms with E-state index >= 15 is 0 Å². The number of likely N-dealkylation sites (tertiary alicyclic amines) is 1. The number of phenolic OH excluding ortho intramolecular Hbond substituents is 1. The molecule has 1 fully saturated rings. The number of hydrogen-bond donors (Lipinski definition) is 2. The minimum atomic E-state index is -0.703. The van der Waals surface area contributed by atoms with Crippen molar-refractivity contribution in [2.75, 3.05) is 13.1 Å². The Balaban J connectivity index is 2.21. The molecule has 16 heavy (non-hydrogen) atoms. The number of aromatic hydroxyl groups is 1. The third-order valence-electron chi connectivity index (χ3n) is 2.69. The van der Waals surface area contributed by atoms with Gasteiger partial charge in [0.25, 0.3) is 5.91 Å². The maximum atomic E-state index is 13.4. The molecule has 0 bridgehead atoms. The lowest BCUT2D eigenvalue weighted by molar-refractivity contribution is 0.0786. The van der Waals surface area contributed by atoms with Gasteiger partial charge in [0.15, 0.2) is 0 Å². The van der Waals surface area contributed by atoms with Crippen molar-refractivity contribution in [3.63, 3.8) is 0 Å². The quantitative estimate of drug-likeness (QED) is 0.738. The van der Waals surface area contributed by atoms with E-state index in [1.165, 1.54) is 17.0 Å². The van der Waals surface area contributed by atoms with Crippen molar-refractivity contribution in [2.24, 2.45) is 5.73 Å². The molecule has 0 unspecified atom stereocenters. The fourth-order valence-corrected chi connectivity index (χ4v) is 1.82. The summed E-state index contributed by atoms with van der Waals surface area (Å²) in [5.41, 5.74) is 5.65. The fourth-order valence-electron chi connectivity index (χ4n) is 1.82. The summed E-state index contributed by atoms with van der Waals surface area (Å²) in [7, 11) is 0. The summed E-state index contributed by atoms with van der Waals surface area (Å²) in [5, 5.41) is 9.04. The highest BCUT2D eigenvalue weighted by molar-refractivity contribution is 5.94. The lowest BCUT2D eigenvalue weighted by Crippen LogP contribution is -2.32. The van der Waals surface area contributed by atoms with Crippen molar-refractivity contribution >= 4 is 5.91 Å². The lowest BCUT2D eigenvalue weighted by atomic mass is 10.2. The Bertz CT molecular complexity index is 422. The standard InChI is InChI=1S/C11H13FN2O2/c12-10-5-8(15)1-2-9(10)11(16)14-4-3-7(13)6-14/h1-2,5,7,15H,3-4,6,13H2/t7-/m1/s1. The summed E-state index contributed by atoms with van der Waals surface area (Å²) < 4.78 is 13.4. The Morgan fingerprint density at radius 3 is 2.88 bits per heavy atom. The van der Waals surface area contributed by atoms with Crippen molar-refractivity contribution in [3.05, 3.63) is 29.6 Å². The van der Waals surface area contributed by atoms with Gasteiger partial charge in [0, 0.05) is 25.2 Å². The van der Waals surface area contributed by atoms with Crippen LogP contribution in [0.5, 0.6) is 5.75 Å². The maximum absolute atomic E-state index is 13.4. The van der Waals surface area contributed by atoms with Crippen LogP contribution in [0.4, 0.5) is 4.39 Å². The van der Waals surface area contributed by atoms with Crippen LogP contribution in [-0.4, -0.2) is 35.0 Å². The third-order valence-corrected chi connectivity index (χ3v) is 2.69. The van der Waals surface area contributed by atoms with Crippen LogP contribution in [0.2, 0.25) is 0 Å². The maximum Gasteiger partial charge on any atom is 0.256 e. The summed E-state index contributed by atoms with van der Waals surface area (Å²) in [6.07, 6.45) is 0.742. The number of nitrogens with two attached hydrogens (primary N) is 1. The molecule has 0 aromatic heterocycles. The number of rotatable bonds is 1.